The molecule has 0 saturated heterocycles. The maximum atomic E-state index is 12.0. The Morgan fingerprint density at radius 3 is 2.90 bits per heavy atom. The molecule has 2 aromatic heterocycles. The Kier molecular flexibility index (Phi) is 6.00. The Balaban J connectivity index is 1.90. The first-order valence-electron chi connectivity index (χ1n) is 6.77. The molecule has 2 aromatic rings. The fraction of sp³-hybridized carbons (Fsp3) is 0.312. The highest BCUT2D eigenvalue weighted by Gasteiger charge is 2.08. The Hall–Kier alpha value is -1.61. The van der Waals surface area contributed by atoms with Gasteiger partial charge in [0.1, 0.15) is 0 Å². The largest absolute Gasteiger partial charge is 0.395 e. The first-order chi connectivity index (χ1) is 10.2. The molecule has 0 aliphatic carbocycles. The molecule has 2 heterocycles. The van der Waals surface area contributed by atoms with Crippen LogP contribution in [0.1, 0.15) is 38.3 Å². The molecule has 0 bridgehead atoms. The third-order valence-electron chi connectivity index (χ3n) is 2.80. The summed E-state index contributed by atoms with van der Waals surface area (Å²) in [5.74, 6) is 5.71. The first-order valence-corrected chi connectivity index (χ1v) is 8.46. The zero-order chi connectivity index (χ0) is 15.1. The van der Waals surface area contributed by atoms with Crippen LogP contribution in [0.4, 0.5) is 0 Å². The molecule has 21 heavy (non-hydrogen) atoms. The predicted octanol–water partition coefficient (Wildman–Crippen LogP) is 3.04. The molecule has 0 aromatic carbocycles. The Morgan fingerprint density at radius 2 is 2.19 bits per heavy atom. The molecule has 0 saturated carbocycles. The number of carbonyl (C=O) groups excluding carboxylic acids is 1. The van der Waals surface area contributed by atoms with Gasteiger partial charge in [0.15, 0.2) is 0 Å². The summed E-state index contributed by atoms with van der Waals surface area (Å²) in [5.41, 5.74) is 0.639. The molecule has 2 rings (SSSR count). The number of aliphatic hydroxyl groups excluding tert-OH is 1. The Bertz CT molecular complexity index is 661. The van der Waals surface area contributed by atoms with Crippen LogP contribution in [0.25, 0.3) is 0 Å². The van der Waals surface area contributed by atoms with E-state index in [4.69, 9.17) is 5.11 Å². The summed E-state index contributed by atoms with van der Waals surface area (Å²) in [5, 5.41) is 13.4. The molecule has 0 fully saturated rings. The highest BCUT2D eigenvalue weighted by atomic mass is 32.1. The van der Waals surface area contributed by atoms with E-state index in [-0.39, 0.29) is 12.5 Å². The lowest BCUT2D eigenvalue weighted by Crippen LogP contribution is -2.21. The quantitative estimate of drug-likeness (QED) is 0.832. The minimum Gasteiger partial charge on any atom is -0.395 e. The fourth-order valence-corrected chi connectivity index (χ4v) is 3.36. The van der Waals surface area contributed by atoms with Crippen LogP contribution in [0.2, 0.25) is 0 Å². The number of aryl methyl sites for hydroxylation is 1. The first kappa shape index (κ1) is 15.8. The van der Waals surface area contributed by atoms with Gasteiger partial charge in [0.05, 0.1) is 23.6 Å². The summed E-state index contributed by atoms with van der Waals surface area (Å²) >= 11 is 3.17. The number of hydrogen-bond donors (Lipinski definition) is 2. The van der Waals surface area contributed by atoms with Gasteiger partial charge in [0.2, 0.25) is 0 Å². The summed E-state index contributed by atoms with van der Waals surface area (Å²) in [7, 11) is 0. The van der Waals surface area contributed by atoms with Gasteiger partial charge in [-0.05, 0) is 24.6 Å². The number of rotatable bonds is 5. The van der Waals surface area contributed by atoms with Crippen molar-refractivity contribution in [3.63, 3.8) is 0 Å². The van der Waals surface area contributed by atoms with E-state index in [9.17, 15) is 4.79 Å². The van der Waals surface area contributed by atoms with Crippen molar-refractivity contribution in [2.24, 2.45) is 0 Å². The molecule has 5 heteroatoms. The van der Waals surface area contributed by atoms with Gasteiger partial charge in [-0.1, -0.05) is 18.8 Å². The fourth-order valence-electron chi connectivity index (χ4n) is 1.70. The van der Waals surface area contributed by atoms with Gasteiger partial charge in [0, 0.05) is 21.6 Å². The van der Waals surface area contributed by atoms with E-state index in [0.717, 1.165) is 11.3 Å². The number of thiophene rings is 2. The van der Waals surface area contributed by atoms with E-state index in [2.05, 4.69) is 36.2 Å². The van der Waals surface area contributed by atoms with Gasteiger partial charge >= 0.3 is 0 Å². The van der Waals surface area contributed by atoms with Gasteiger partial charge in [-0.2, -0.15) is 0 Å². The summed E-state index contributed by atoms with van der Waals surface area (Å²) in [4.78, 5) is 15.4. The summed E-state index contributed by atoms with van der Waals surface area (Å²) in [6, 6.07) is 5.95. The van der Waals surface area contributed by atoms with Crippen LogP contribution in [-0.2, 0) is 13.0 Å². The van der Waals surface area contributed by atoms with Gasteiger partial charge in [-0.3, -0.25) is 4.79 Å². The van der Waals surface area contributed by atoms with E-state index in [0.29, 0.717) is 18.5 Å². The van der Waals surface area contributed by atoms with E-state index in [1.165, 1.54) is 21.1 Å². The van der Waals surface area contributed by atoms with Crippen molar-refractivity contribution in [2.75, 3.05) is 6.61 Å². The van der Waals surface area contributed by atoms with Gasteiger partial charge in [-0.25, -0.2) is 0 Å². The highest BCUT2D eigenvalue weighted by molar-refractivity contribution is 7.12. The second-order valence-electron chi connectivity index (χ2n) is 4.38. The van der Waals surface area contributed by atoms with Crippen molar-refractivity contribution in [3.05, 3.63) is 43.8 Å². The molecule has 0 radical (unpaired) electrons. The van der Waals surface area contributed by atoms with E-state index in [1.807, 2.05) is 5.38 Å². The molecular weight excluding hydrogens is 302 g/mol. The van der Waals surface area contributed by atoms with Crippen molar-refractivity contribution in [1.82, 2.24) is 5.32 Å². The van der Waals surface area contributed by atoms with Crippen LogP contribution >= 0.6 is 22.7 Å². The molecule has 0 unspecified atom stereocenters. The molecule has 110 valence electrons. The maximum Gasteiger partial charge on any atom is 0.252 e. The summed E-state index contributed by atoms with van der Waals surface area (Å²) < 4.78 is 0. The summed E-state index contributed by atoms with van der Waals surface area (Å²) in [6.07, 6.45) is 1.48. The van der Waals surface area contributed by atoms with Gasteiger partial charge in [0.25, 0.3) is 5.91 Å². The summed E-state index contributed by atoms with van der Waals surface area (Å²) in [6.45, 7) is 2.75. The van der Waals surface area contributed by atoms with Crippen LogP contribution in [0.3, 0.4) is 0 Å². The third-order valence-corrected chi connectivity index (χ3v) is 4.87. The topological polar surface area (TPSA) is 49.3 Å². The lowest BCUT2D eigenvalue weighted by molar-refractivity contribution is 0.0951. The van der Waals surface area contributed by atoms with E-state index < -0.39 is 0 Å². The monoisotopic (exact) mass is 319 g/mol. The lowest BCUT2D eigenvalue weighted by atomic mass is 10.3. The van der Waals surface area contributed by atoms with Crippen LogP contribution in [0.5, 0.6) is 0 Å². The number of aliphatic hydroxyl groups is 1. The SMILES string of the molecule is CCc1ccc(CNC(=O)c2csc(C#CCCO)c2)s1. The standard InChI is InChI=1S/C16H17NO2S2/c1-2-13-6-7-15(21-13)10-17-16(19)12-9-14(20-11-12)5-3-4-8-18/h6-7,9,11,18H,2,4,8,10H2,1H3,(H,17,19). The van der Waals surface area contributed by atoms with Crippen molar-refractivity contribution in [1.29, 1.82) is 0 Å². The average molecular weight is 319 g/mol. The highest BCUT2D eigenvalue weighted by Crippen LogP contribution is 2.17. The van der Waals surface area contributed by atoms with E-state index in [1.54, 1.807) is 17.4 Å². The number of carbonyl (C=O) groups is 1. The number of amides is 1. The predicted molar refractivity (Wildman–Crippen MR) is 87.8 cm³/mol. The zero-order valence-electron chi connectivity index (χ0n) is 11.8. The number of hydrogen-bond acceptors (Lipinski definition) is 4. The van der Waals surface area contributed by atoms with Crippen LogP contribution in [0.15, 0.2) is 23.6 Å². The third kappa shape index (κ3) is 4.71. The molecule has 0 spiro atoms. The Labute approximate surface area is 132 Å². The Morgan fingerprint density at radius 1 is 1.38 bits per heavy atom. The zero-order valence-corrected chi connectivity index (χ0v) is 13.4. The van der Waals surface area contributed by atoms with Gasteiger partial charge < -0.3 is 10.4 Å². The van der Waals surface area contributed by atoms with Crippen LogP contribution < -0.4 is 5.32 Å². The molecule has 0 atom stereocenters. The molecule has 0 aliphatic rings. The lowest BCUT2D eigenvalue weighted by Gasteiger charge is -2.00. The molecule has 1 amide bonds. The second-order valence-corrected chi connectivity index (χ2v) is 6.54. The molecule has 0 aliphatic heterocycles. The molecule has 2 N–H and O–H groups in total. The smallest absolute Gasteiger partial charge is 0.252 e. The van der Waals surface area contributed by atoms with Crippen LogP contribution in [0, 0.1) is 11.8 Å². The number of nitrogens with one attached hydrogen (secondary N) is 1. The second kappa shape index (κ2) is 7.99. The minimum absolute atomic E-state index is 0.0618. The molecule has 3 nitrogen and oxygen atoms in total. The maximum absolute atomic E-state index is 12.0. The normalized spacial score (nSPS) is 10.0. The van der Waals surface area contributed by atoms with Crippen LogP contribution in [-0.4, -0.2) is 17.6 Å². The van der Waals surface area contributed by atoms with Crippen molar-refractivity contribution in [3.8, 4) is 11.8 Å². The average Bonchev–Trinajstić information content (AvgIpc) is 3.14. The van der Waals surface area contributed by atoms with Crippen molar-refractivity contribution < 1.29 is 9.90 Å². The van der Waals surface area contributed by atoms with Gasteiger partial charge in [-0.15, -0.1) is 22.7 Å². The minimum atomic E-state index is -0.0760. The van der Waals surface area contributed by atoms with Crippen molar-refractivity contribution in [2.45, 2.75) is 26.3 Å². The van der Waals surface area contributed by atoms with E-state index >= 15 is 0 Å². The molecular formula is C16H17NO2S2. The van der Waals surface area contributed by atoms with Crippen molar-refractivity contribution >= 4 is 28.6 Å².